The maximum Gasteiger partial charge on any atom is 0.292 e. The number of hydrogen-bond acceptors (Lipinski definition) is 5. The lowest BCUT2D eigenvalue weighted by Crippen LogP contribution is -2.46. The summed E-state index contributed by atoms with van der Waals surface area (Å²) in [5, 5.41) is 3.68. The van der Waals surface area contributed by atoms with Crippen LogP contribution in [0.4, 0.5) is 0 Å². The molecule has 1 aliphatic rings. The van der Waals surface area contributed by atoms with Crippen molar-refractivity contribution in [1.29, 1.82) is 0 Å². The lowest BCUT2D eigenvalue weighted by Gasteiger charge is -2.31. The van der Waals surface area contributed by atoms with E-state index in [1.807, 2.05) is 0 Å². The summed E-state index contributed by atoms with van der Waals surface area (Å²) in [6, 6.07) is 1.50. The minimum absolute atomic E-state index is 0.101. The maximum atomic E-state index is 12.1. The van der Waals surface area contributed by atoms with Gasteiger partial charge in [0.1, 0.15) is 0 Å². The zero-order valence-corrected chi connectivity index (χ0v) is 11.7. The number of nitrogens with zero attached hydrogens (tertiary/aromatic N) is 2. The summed E-state index contributed by atoms with van der Waals surface area (Å²) in [7, 11) is -3.19. The number of carbonyl (C=O) groups excluding carboxylic acids is 1. The number of amides is 1. The van der Waals surface area contributed by atoms with E-state index in [0.717, 1.165) is 6.26 Å². The normalized spacial score (nSPS) is 17.7. The van der Waals surface area contributed by atoms with Crippen molar-refractivity contribution in [2.24, 2.45) is 0 Å². The molecule has 106 valence electrons. The monoisotopic (exact) mass is 287 g/mol. The molecule has 0 bridgehead atoms. The highest BCUT2D eigenvalue weighted by atomic mass is 32.2. The highest BCUT2D eigenvalue weighted by Crippen LogP contribution is 2.15. The van der Waals surface area contributed by atoms with Gasteiger partial charge < -0.3 is 9.42 Å². The average Bonchev–Trinajstić information content (AvgIpc) is 2.74. The van der Waals surface area contributed by atoms with Crippen LogP contribution in [0.5, 0.6) is 0 Å². The molecule has 1 fully saturated rings. The van der Waals surface area contributed by atoms with Crippen LogP contribution in [0.2, 0.25) is 0 Å². The third-order valence-electron chi connectivity index (χ3n) is 3.00. The molecule has 8 heteroatoms. The third-order valence-corrected chi connectivity index (χ3v) is 3.76. The number of piperidine rings is 1. The first-order valence-corrected chi connectivity index (χ1v) is 7.94. The molecular formula is C11H17N3O4S. The van der Waals surface area contributed by atoms with Gasteiger partial charge >= 0.3 is 0 Å². The van der Waals surface area contributed by atoms with Crippen LogP contribution in [0.15, 0.2) is 10.6 Å². The van der Waals surface area contributed by atoms with E-state index in [-0.39, 0.29) is 17.7 Å². The molecule has 1 N–H and O–H groups in total. The number of rotatable bonds is 3. The van der Waals surface area contributed by atoms with E-state index >= 15 is 0 Å². The van der Waals surface area contributed by atoms with Crippen LogP contribution in [0.1, 0.15) is 29.1 Å². The Morgan fingerprint density at radius 2 is 2.11 bits per heavy atom. The van der Waals surface area contributed by atoms with E-state index < -0.39 is 10.0 Å². The van der Waals surface area contributed by atoms with Crippen LogP contribution in [0.3, 0.4) is 0 Å². The number of carbonyl (C=O) groups is 1. The van der Waals surface area contributed by atoms with Gasteiger partial charge in [-0.3, -0.25) is 4.79 Å². The Balaban J connectivity index is 1.91. The number of nitrogens with one attached hydrogen (secondary N) is 1. The first-order chi connectivity index (χ1) is 8.85. The van der Waals surface area contributed by atoms with Crippen molar-refractivity contribution in [3.05, 3.63) is 17.5 Å². The summed E-state index contributed by atoms with van der Waals surface area (Å²) in [5.41, 5.74) is 0.664. The van der Waals surface area contributed by atoms with E-state index in [9.17, 15) is 13.2 Å². The van der Waals surface area contributed by atoms with Gasteiger partial charge in [0.25, 0.3) is 5.91 Å². The Hall–Kier alpha value is -1.41. The molecule has 0 unspecified atom stereocenters. The Kier molecular flexibility index (Phi) is 3.91. The standard InChI is InChI=1S/C11H17N3O4S/c1-8-7-10(18-12-8)11(15)14-5-3-9(4-6-14)13-19(2,16)17/h7,9,13H,3-6H2,1-2H3. The molecule has 7 nitrogen and oxygen atoms in total. The minimum Gasteiger partial charge on any atom is -0.351 e. The SMILES string of the molecule is Cc1cc(C(=O)N2CCC(NS(C)(=O)=O)CC2)on1. The lowest BCUT2D eigenvalue weighted by atomic mass is 10.1. The Morgan fingerprint density at radius 3 is 2.58 bits per heavy atom. The molecule has 2 heterocycles. The molecule has 1 aromatic rings. The van der Waals surface area contributed by atoms with Crippen molar-refractivity contribution in [1.82, 2.24) is 14.8 Å². The molecule has 0 spiro atoms. The molecule has 0 atom stereocenters. The van der Waals surface area contributed by atoms with Gasteiger partial charge in [0, 0.05) is 25.2 Å². The predicted octanol–water partition coefficient (Wildman–Crippen LogP) is 0.137. The third kappa shape index (κ3) is 3.77. The second kappa shape index (κ2) is 5.30. The number of aromatic nitrogens is 1. The van der Waals surface area contributed by atoms with Crippen molar-refractivity contribution in [3.63, 3.8) is 0 Å². The van der Waals surface area contributed by atoms with Crippen molar-refractivity contribution in [2.75, 3.05) is 19.3 Å². The highest BCUT2D eigenvalue weighted by Gasteiger charge is 2.26. The highest BCUT2D eigenvalue weighted by molar-refractivity contribution is 7.88. The Bertz CT molecular complexity index is 558. The van der Waals surface area contributed by atoms with E-state index in [2.05, 4.69) is 9.88 Å². The second-order valence-electron chi connectivity index (χ2n) is 4.79. The number of hydrogen-bond donors (Lipinski definition) is 1. The van der Waals surface area contributed by atoms with E-state index in [1.165, 1.54) is 0 Å². The molecular weight excluding hydrogens is 270 g/mol. The molecule has 0 saturated carbocycles. The van der Waals surface area contributed by atoms with Gasteiger partial charge in [-0.25, -0.2) is 13.1 Å². The van der Waals surface area contributed by atoms with Gasteiger partial charge in [-0.05, 0) is 19.8 Å². The minimum atomic E-state index is -3.19. The average molecular weight is 287 g/mol. The van der Waals surface area contributed by atoms with Crippen molar-refractivity contribution in [2.45, 2.75) is 25.8 Å². The first-order valence-electron chi connectivity index (χ1n) is 6.05. The van der Waals surface area contributed by atoms with Crippen LogP contribution in [-0.4, -0.2) is 49.8 Å². The number of likely N-dealkylation sites (tertiary alicyclic amines) is 1. The Labute approximate surface area is 112 Å². The van der Waals surface area contributed by atoms with Gasteiger partial charge in [0.05, 0.1) is 11.9 Å². The molecule has 1 amide bonds. The van der Waals surface area contributed by atoms with Crippen molar-refractivity contribution >= 4 is 15.9 Å². The molecule has 1 saturated heterocycles. The van der Waals surface area contributed by atoms with Crippen LogP contribution in [-0.2, 0) is 10.0 Å². The van der Waals surface area contributed by atoms with E-state index in [1.54, 1.807) is 17.9 Å². The van der Waals surface area contributed by atoms with E-state index in [4.69, 9.17) is 4.52 Å². The topological polar surface area (TPSA) is 92.5 Å². The van der Waals surface area contributed by atoms with Crippen LogP contribution in [0, 0.1) is 6.92 Å². The lowest BCUT2D eigenvalue weighted by molar-refractivity contribution is 0.0669. The van der Waals surface area contributed by atoms with Crippen LogP contribution >= 0.6 is 0 Å². The van der Waals surface area contributed by atoms with Crippen molar-refractivity contribution in [3.8, 4) is 0 Å². The second-order valence-corrected chi connectivity index (χ2v) is 6.57. The fourth-order valence-electron chi connectivity index (χ4n) is 2.12. The summed E-state index contributed by atoms with van der Waals surface area (Å²) >= 11 is 0. The summed E-state index contributed by atoms with van der Waals surface area (Å²) in [5.74, 6) is 0.0328. The van der Waals surface area contributed by atoms with Gasteiger partial charge in [-0.15, -0.1) is 0 Å². The summed E-state index contributed by atoms with van der Waals surface area (Å²) in [6.45, 7) is 2.76. The summed E-state index contributed by atoms with van der Waals surface area (Å²) in [6.07, 6.45) is 2.35. The zero-order valence-electron chi connectivity index (χ0n) is 10.9. The fraction of sp³-hybridized carbons (Fsp3) is 0.636. The van der Waals surface area contributed by atoms with E-state index in [0.29, 0.717) is 31.6 Å². The van der Waals surface area contributed by atoms with Gasteiger partial charge in [-0.1, -0.05) is 5.16 Å². The summed E-state index contributed by atoms with van der Waals surface area (Å²) < 4.78 is 29.7. The smallest absolute Gasteiger partial charge is 0.292 e. The number of aryl methyl sites for hydroxylation is 1. The van der Waals surface area contributed by atoms with Crippen LogP contribution < -0.4 is 4.72 Å². The zero-order chi connectivity index (χ0) is 14.0. The largest absolute Gasteiger partial charge is 0.351 e. The Morgan fingerprint density at radius 1 is 1.47 bits per heavy atom. The predicted molar refractivity (Wildman–Crippen MR) is 68.1 cm³/mol. The van der Waals surface area contributed by atoms with Gasteiger partial charge in [-0.2, -0.15) is 0 Å². The quantitative estimate of drug-likeness (QED) is 0.853. The molecule has 0 radical (unpaired) electrons. The molecule has 1 aliphatic heterocycles. The van der Waals surface area contributed by atoms with Gasteiger partial charge in [0.15, 0.2) is 0 Å². The first kappa shape index (κ1) is 14.0. The fourth-order valence-corrected chi connectivity index (χ4v) is 2.96. The maximum absolute atomic E-state index is 12.1. The molecule has 0 aromatic carbocycles. The number of sulfonamides is 1. The molecule has 0 aliphatic carbocycles. The summed E-state index contributed by atoms with van der Waals surface area (Å²) in [4.78, 5) is 13.7. The van der Waals surface area contributed by atoms with Crippen LogP contribution in [0.25, 0.3) is 0 Å². The molecule has 2 rings (SSSR count). The molecule has 19 heavy (non-hydrogen) atoms. The van der Waals surface area contributed by atoms with Gasteiger partial charge in [0.2, 0.25) is 15.8 Å². The molecule has 1 aromatic heterocycles. The van der Waals surface area contributed by atoms with Crippen molar-refractivity contribution < 1.29 is 17.7 Å².